The summed E-state index contributed by atoms with van der Waals surface area (Å²) < 4.78 is 10.3. The van der Waals surface area contributed by atoms with Gasteiger partial charge in [0.15, 0.2) is 6.61 Å². The first-order valence-corrected chi connectivity index (χ1v) is 9.15. The molecule has 6 heteroatoms. The van der Waals surface area contributed by atoms with Crippen LogP contribution in [0.25, 0.3) is 0 Å². The smallest absolute Gasteiger partial charge is 0.339 e. The Kier molecular flexibility index (Phi) is 5.38. The Bertz CT molecular complexity index is 766. The van der Waals surface area contributed by atoms with Gasteiger partial charge in [-0.15, -0.1) is 11.3 Å². The molecule has 1 aromatic carbocycles. The summed E-state index contributed by atoms with van der Waals surface area (Å²) in [5.41, 5.74) is 2.34. The Morgan fingerprint density at radius 3 is 2.76 bits per heavy atom. The van der Waals surface area contributed by atoms with Gasteiger partial charge < -0.3 is 14.8 Å². The molecule has 1 aliphatic carbocycles. The maximum atomic E-state index is 12.3. The number of methoxy groups -OCH3 is 1. The largest absolute Gasteiger partial charge is 0.497 e. The van der Waals surface area contributed by atoms with Crippen molar-refractivity contribution in [3.05, 3.63) is 45.6 Å². The van der Waals surface area contributed by atoms with Gasteiger partial charge in [-0.3, -0.25) is 4.79 Å². The predicted octanol–water partition coefficient (Wildman–Crippen LogP) is 3.68. The zero-order valence-corrected chi connectivity index (χ0v) is 15.2. The quantitative estimate of drug-likeness (QED) is 0.827. The highest BCUT2D eigenvalue weighted by Gasteiger charge is 2.24. The lowest BCUT2D eigenvalue weighted by Gasteiger charge is -2.18. The Hall–Kier alpha value is -2.34. The summed E-state index contributed by atoms with van der Waals surface area (Å²) in [5.74, 6) is 0.583. The number of rotatable bonds is 5. The minimum Gasteiger partial charge on any atom is -0.497 e. The van der Waals surface area contributed by atoms with Gasteiger partial charge in [-0.05, 0) is 55.0 Å². The van der Waals surface area contributed by atoms with Crippen LogP contribution in [-0.4, -0.2) is 25.6 Å². The van der Waals surface area contributed by atoms with Crippen LogP contribution < -0.4 is 10.1 Å². The van der Waals surface area contributed by atoms with E-state index in [0.717, 1.165) is 24.8 Å². The number of thiophene rings is 1. The molecule has 1 aliphatic rings. The number of fused-ring (bicyclic) bond motifs is 1. The number of anilines is 1. The molecule has 3 rings (SSSR count). The molecule has 1 heterocycles. The molecule has 1 amide bonds. The molecule has 0 fully saturated rings. The number of hydrogen-bond acceptors (Lipinski definition) is 5. The summed E-state index contributed by atoms with van der Waals surface area (Å²) in [6.45, 7) is 1.93. The summed E-state index contributed by atoms with van der Waals surface area (Å²) in [7, 11) is 1.58. The average molecular weight is 359 g/mol. The van der Waals surface area contributed by atoms with E-state index in [0.29, 0.717) is 22.9 Å². The van der Waals surface area contributed by atoms with Crippen LogP contribution in [0.15, 0.2) is 29.6 Å². The summed E-state index contributed by atoms with van der Waals surface area (Å²) in [5, 5.41) is 4.55. The van der Waals surface area contributed by atoms with Gasteiger partial charge in [-0.25, -0.2) is 4.79 Å². The number of ether oxygens (including phenoxy) is 2. The molecule has 25 heavy (non-hydrogen) atoms. The van der Waals surface area contributed by atoms with Crippen LogP contribution in [0.4, 0.5) is 5.69 Å². The van der Waals surface area contributed by atoms with Gasteiger partial charge in [-0.2, -0.15) is 0 Å². The van der Waals surface area contributed by atoms with Crippen LogP contribution in [0.2, 0.25) is 0 Å². The zero-order chi connectivity index (χ0) is 17.8. The van der Waals surface area contributed by atoms with E-state index in [1.165, 1.54) is 4.88 Å². The second-order valence-electron chi connectivity index (χ2n) is 6.25. The second kappa shape index (κ2) is 7.70. The maximum Gasteiger partial charge on any atom is 0.339 e. The molecule has 0 bridgehead atoms. The van der Waals surface area contributed by atoms with Crippen LogP contribution in [0.3, 0.4) is 0 Å². The monoisotopic (exact) mass is 359 g/mol. The highest BCUT2D eigenvalue weighted by Crippen LogP contribution is 2.33. The van der Waals surface area contributed by atoms with Crippen LogP contribution in [0.1, 0.15) is 34.1 Å². The molecule has 5 nitrogen and oxygen atoms in total. The Balaban J connectivity index is 1.54. The van der Waals surface area contributed by atoms with Crippen molar-refractivity contribution in [1.29, 1.82) is 0 Å². The number of esters is 1. The zero-order valence-electron chi connectivity index (χ0n) is 14.3. The lowest BCUT2D eigenvalue weighted by Crippen LogP contribution is -2.21. The van der Waals surface area contributed by atoms with Crippen molar-refractivity contribution in [3.8, 4) is 5.75 Å². The average Bonchev–Trinajstić information content (AvgIpc) is 3.03. The van der Waals surface area contributed by atoms with Crippen molar-refractivity contribution in [2.75, 3.05) is 19.0 Å². The summed E-state index contributed by atoms with van der Waals surface area (Å²) >= 11 is 1.61. The molecule has 0 saturated heterocycles. The first-order valence-electron chi connectivity index (χ1n) is 8.27. The molecule has 132 valence electrons. The number of amides is 1. The molecule has 1 atom stereocenters. The fourth-order valence-corrected chi connectivity index (χ4v) is 4.16. The SMILES string of the molecule is COc1ccc(NC(=O)COC(=O)c2csc3c2CCC(C)C3)cc1. The van der Waals surface area contributed by atoms with Crippen molar-refractivity contribution >= 4 is 28.9 Å². The molecular weight excluding hydrogens is 338 g/mol. The molecule has 0 radical (unpaired) electrons. The molecule has 0 aliphatic heterocycles. The normalized spacial score (nSPS) is 16.0. The van der Waals surface area contributed by atoms with Gasteiger partial charge in [0.05, 0.1) is 12.7 Å². The molecule has 1 unspecified atom stereocenters. The van der Waals surface area contributed by atoms with Crippen molar-refractivity contribution in [2.24, 2.45) is 5.92 Å². The molecule has 1 aromatic heterocycles. The van der Waals surface area contributed by atoms with Gasteiger partial charge in [0, 0.05) is 15.9 Å². The molecule has 1 N–H and O–H groups in total. The number of benzene rings is 1. The first-order chi connectivity index (χ1) is 12.1. The third-order valence-corrected chi connectivity index (χ3v) is 5.38. The second-order valence-corrected chi connectivity index (χ2v) is 7.22. The number of nitrogens with one attached hydrogen (secondary N) is 1. The summed E-state index contributed by atoms with van der Waals surface area (Å²) in [6, 6.07) is 6.96. The van der Waals surface area contributed by atoms with Crippen molar-refractivity contribution in [2.45, 2.75) is 26.2 Å². The minimum atomic E-state index is -0.420. The third-order valence-electron chi connectivity index (χ3n) is 4.33. The third kappa shape index (κ3) is 4.20. The van der Waals surface area contributed by atoms with Gasteiger partial charge in [0.2, 0.25) is 0 Å². The summed E-state index contributed by atoms with van der Waals surface area (Å²) in [4.78, 5) is 25.5. The van der Waals surface area contributed by atoms with Gasteiger partial charge >= 0.3 is 5.97 Å². The van der Waals surface area contributed by atoms with Crippen LogP contribution in [-0.2, 0) is 22.4 Å². The van der Waals surface area contributed by atoms with E-state index in [-0.39, 0.29) is 12.5 Å². The highest BCUT2D eigenvalue weighted by molar-refractivity contribution is 7.10. The van der Waals surface area contributed by atoms with Gasteiger partial charge in [0.25, 0.3) is 5.91 Å². The lowest BCUT2D eigenvalue weighted by atomic mass is 9.88. The van der Waals surface area contributed by atoms with E-state index < -0.39 is 5.97 Å². The van der Waals surface area contributed by atoms with Crippen LogP contribution in [0.5, 0.6) is 5.75 Å². The van der Waals surface area contributed by atoms with E-state index in [2.05, 4.69) is 12.2 Å². The lowest BCUT2D eigenvalue weighted by molar-refractivity contribution is -0.119. The van der Waals surface area contributed by atoms with Crippen LogP contribution >= 0.6 is 11.3 Å². The number of carbonyl (C=O) groups excluding carboxylic acids is 2. The van der Waals surface area contributed by atoms with Crippen molar-refractivity contribution in [3.63, 3.8) is 0 Å². The first kappa shape index (κ1) is 17.5. The Labute approximate surface area is 151 Å². The standard InChI is InChI=1S/C19H21NO4S/c1-12-3-8-15-16(11-25-17(15)9-12)19(22)24-10-18(21)20-13-4-6-14(23-2)7-5-13/h4-7,11-12H,3,8-10H2,1-2H3,(H,20,21). The summed E-state index contributed by atoms with van der Waals surface area (Å²) in [6.07, 6.45) is 3.01. The number of hydrogen-bond donors (Lipinski definition) is 1. The minimum absolute atomic E-state index is 0.300. The topological polar surface area (TPSA) is 64.6 Å². The van der Waals surface area contributed by atoms with E-state index in [4.69, 9.17) is 9.47 Å². The fraction of sp³-hybridized carbons (Fsp3) is 0.368. The van der Waals surface area contributed by atoms with Gasteiger partial charge in [-0.1, -0.05) is 6.92 Å². The Morgan fingerprint density at radius 1 is 1.28 bits per heavy atom. The van der Waals surface area contributed by atoms with E-state index >= 15 is 0 Å². The molecule has 2 aromatic rings. The Morgan fingerprint density at radius 2 is 2.04 bits per heavy atom. The van der Waals surface area contributed by atoms with Gasteiger partial charge in [0.1, 0.15) is 5.75 Å². The maximum absolute atomic E-state index is 12.3. The number of carbonyl (C=O) groups is 2. The van der Waals surface area contributed by atoms with Crippen molar-refractivity contribution in [1.82, 2.24) is 0 Å². The van der Waals surface area contributed by atoms with E-state index in [1.54, 1.807) is 42.7 Å². The fourth-order valence-electron chi connectivity index (χ4n) is 2.93. The van der Waals surface area contributed by atoms with E-state index in [9.17, 15) is 9.59 Å². The molecular formula is C19H21NO4S. The van der Waals surface area contributed by atoms with Crippen molar-refractivity contribution < 1.29 is 19.1 Å². The molecule has 0 spiro atoms. The predicted molar refractivity (Wildman–Crippen MR) is 97.4 cm³/mol. The van der Waals surface area contributed by atoms with E-state index in [1.807, 2.05) is 5.38 Å². The highest BCUT2D eigenvalue weighted by atomic mass is 32.1. The molecule has 0 saturated carbocycles. The van der Waals surface area contributed by atoms with Crippen LogP contribution in [0, 0.1) is 5.92 Å².